The van der Waals surface area contributed by atoms with E-state index in [1.807, 2.05) is 0 Å². The Labute approximate surface area is 94.7 Å². The van der Waals surface area contributed by atoms with E-state index in [0.717, 1.165) is 19.5 Å². The predicted molar refractivity (Wildman–Crippen MR) is 60.5 cm³/mol. The zero-order valence-corrected chi connectivity index (χ0v) is 9.43. The van der Waals surface area contributed by atoms with Crippen molar-refractivity contribution in [2.24, 2.45) is 17.6 Å². The first-order chi connectivity index (χ1) is 7.70. The molecule has 2 heterocycles. The van der Waals surface area contributed by atoms with Crippen LogP contribution < -0.4 is 10.6 Å². The molecule has 0 aromatic carbocycles. The van der Waals surface area contributed by atoms with Gasteiger partial charge in [0.05, 0.1) is 12.4 Å². The van der Waals surface area contributed by atoms with E-state index >= 15 is 0 Å². The molecule has 1 aliphatic heterocycles. The Balaban J connectivity index is 2.08. The molecule has 4 nitrogen and oxygen atoms in total. The molecule has 2 unspecified atom stereocenters. The molecule has 1 aliphatic rings. The number of nitrogens with two attached hydrogens (primary N) is 1. The van der Waals surface area contributed by atoms with Crippen LogP contribution >= 0.6 is 0 Å². The maximum atomic E-state index is 12.7. The molecule has 1 fully saturated rings. The van der Waals surface area contributed by atoms with Crippen LogP contribution in [0.5, 0.6) is 0 Å². The summed E-state index contributed by atoms with van der Waals surface area (Å²) in [7, 11) is 0. The zero-order chi connectivity index (χ0) is 11.5. The Morgan fingerprint density at radius 3 is 2.81 bits per heavy atom. The maximum absolute atomic E-state index is 12.7. The first kappa shape index (κ1) is 11.3. The van der Waals surface area contributed by atoms with Crippen molar-refractivity contribution >= 4 is 5.95 Å². The third-order valence-electron chi connectivity index (χ3n) is 3.31. The van der Waals surface area contributed by atoms with Crippen molar-refractivity contribution in [2.75, 3.05) is 24.5 Å². The van der Waals surface area contributed by atoms with Gasteiger partial charge in [-0.15, -0.1) is 0 Å². The fraction of sp³-hybridized carbons (Fsp3) is 0.636. The number of nitrogens with zero attached hydrogens (tertiary/aromatic N) is 3. The molecule has 0 amide bonds. The summed E-state index contributed by atoms with van der Waals surface area (Å²) in [5.74, 6) is 1.32. The van der Waals surface area contributed by atoms with Gasteiger partial charge in [-0.3, -0.25) is 0 Å². The summed E-state index contributed by atoms with van der Waals surface area (Å²) in [5.41, 5.74) is 5.73. The molecular formula is C11H17FN4. The Morgan fingerprint density at radius 2 is 2.19 bits per heavy atom. The molecule has 5 heteroatoms. The molecule has 1 saturated heterocycles. The summed E-state index contributed by atoms with van der Waals surface area (Å²) in [6.45, 7) is 4.69. The average Bonchev–Trinajstić information content (AvgIpc) is 2.31. The van der Waals surface area contributed by atoms with Gasteiger partial charge in [0.15, 0.2) is 5.82 Å². The molecule has 2 N–H and O–H groups in total. The summed E-state index contributed by atoms with van der Waals surface area (Å²) in [6, 6.07) is 0. The smallest absolute Gasteiger partial charge is 0.225 e. The lowest BCUT2D eigenvalue weighted by atomic mass is 9.87. The maximum Gasteiger partial charge on any atom is 0.225 e. The summed E-state index contributed by atoms with van der Waals surface area (Å²) >= 11 is 0. The molecule has 1 aromatic rings. The summed E-state index contributed by atoms with van der Waals surface area (Å²) in [6.07, 6.45) is 3.50. The highest BCUT2D eigenvalue weighted by Gasteiger charge is 2.26. The van der Waals surface area contributed by atoms with E-state index in [0.29, 0.717) is 24.3 Å². The van der Waals surface area contributed by atoms with E-state index in [1.54, 1.807) is 0 Å². The Kier molecular flexibility index (Phi) is 3.33. The van der Waals surface area contributed by atoms with Gasteiger partial charge in [0.25, 0.3) is 0 Å². The number of halogens is 1. The number of piperidine rings is 1. The second-order valence-corrected chi connectivity index (χ2v) is 4.41. The fourth-order valence-corrected chi connectivity index (χ4v) is 2.11. The van der Waals surface area contributed by atoms with Gasteiger partial charge in [-0.1, -0.05) is 6.92 Å². The van der Waals surface area contributed by atoms with Crippen molar-refractivity contribution in [3.63, 3.8) is 0 Å². The van der Waals surface area contributed by atoms with Crippen molar-refractivity contribution in [3.05, 3.63) is 18.2 Å². The first-order valence-electron chi connectivity index (χ1n) is 5.63. The van der Waals surface area contributed by atoms with Gasteiger partial charge in [-0.2, -0.15) is 0 Å². The lowest BCUT2D eigenvalue weighted by Crippen LogP contribution is -2.43. The summed E-state index contributed by atoms with van der Waals surface area (Å²) in [4.78, 5) is 10.1. The minimum absolute atomic E-state index is 0.399. The number of aromatic nitrogens is 2. The van der Waals surface area contributed by atoms with E-state index in [4.69, 9.17) is 5.73 Å². The quantitative estimate of drug-likeness (QED) is 0.815. The van der Waals surface area contributed by atoms with Crippen LogP contribution in [0, 0.1) is 17.7 Å². The number of hydrogen-bond acceptors (Lipinski definition) is 4. The van der Waals surface area contributed by atoms with Gasteiger partial charge in [0.1, 0.15) is 0 Å². The van der Waals surface area contributed by atoms with Crippen molar-refractivity contribution < 1.29 is 4.39 Å². The molecule has 0 bridgehead atoms. The van der Waals surface area contributed by atoms with Gasteiger partial charge in [0, 0.05) is 13.1 Å². The van der Waals surface area contributed by atoms with E-state index in [-0.39, 0.29) is 0 Å². The second kappa shape index (κ2) is 4.74. The molecule has 2 atom stereocenters. The van der Waals surface area contributed by atoms with Gasteiger partial charge in [0.2, 0.25) is 5.95 Å². The zero-order valence-electron chi connectivity index (χ0n) is 9.43. The molecule has 0 spiro atoms. The molecule has 1 aromatic heterocycles. The van der Waals surface area contributed by atoms with Gasteiger partial charge >= 0.3 is 0 Å². The highest BCUT2D eigenvalue weighted by Crippen LogP contribution is 2.24. The third-order valence-corrected chi connectivity index (χ3v) is 3.31. The van der Waals surface area contributed by atoms with Crippen molar-refractivity contribution in [2.45, 2.75) is 13.3 Å². The summed E-state index contributed by atoms with van der Waals surface area (Å²) < 4.78 is 12.7. The fourth-order valence-electron chi connectivity index (χ4n) is 2.11. The lowest BCUT2D eigenvalue weighted by molar-refractivity contribution is 0.305. The monoisotopic (exact) mass is 224 g/mol. The van der Waals surface area contributed by atoms with Crippen molar-refractivity contribution in [3.8, 4) is 0 Å². The highest BCUT2D eigenvalue weighted by atomic mass is 19.1. The number of hydrogen-bond donors (Lipinski definition) is 1. The second-order valence-electron chi connectivity index (χ2n) is 4.41. The molecule has 88 valence electrons. The topological polar surface area (TPSA) is 55.0 Å². The third kappa shape index (κ3) is 2.29. The van der Waals surface area contributed by atoms with Gasteiger partial charge < -0.3 is 10.6 Å². The van der Waals surface area contributed by atoms with Crippen molar-refractivity contribution in [1.29, 1.82) is 0 Å². The normalized spacial score (nSPS) is 25.8. The van der Waals surface area contributed by atoms with E-state index in [1.165, 1.54) is 12.4 Å². The van der Waals surface area contributed by atoms with Crippen LogP contribution in [-0.4, -0.2) is 29.6 Å². The predicted octanol–water partition coefficient (Wildman–Crippen LogP) is 1.04. The van der Waals surface area contributed by atoms with Crippen LogP contribution in [0.15, 0.2) is 12.4 Å². The van der Waals surface area contributed by atoms with E-state index in [9.17, 15) is 4.39 Å². The highest BCUT2D eigenvalue weighted by molar-refractivity contribution is 5.29. The largest absolute Gasteiger partial charge is 0.340 e. The average molecular weight is 224 g/mol. The van der Waals surface area contributed by atoms with Crippen LogP contribution in [0.1, 0.15) is 13.3 Å². The first-order valence-corrected chi connectivity index (χ1v) is 5.63. The molecule has 2 rings (SSSR count). The Bertz CT molecular complexity index is 340. The van der Waals surface area contributed by atoms with Crippen LogP contribution in [0.2, 0.25) is 0 Å². The van der Waals surface area contributed by atoms with Crippen molar-refractivity contribution in [1.82, 2.24) is 9.97 Å². The Morgan fingerprint density at radius 1 is 1.50 bits per heavy atom. The molecule has 0 radical (unpaired) electrons. The molecular weight excluding hydrogens is 207 g/mol. The number of rotatable bonds is 2. The summed E-state index contributed by atoms with van der Waals surface area (Å²) in [5, 5.41) is 0. The van der Waals surface area contributed by atoms with Gasteiger partial charge in [-0.05, 0) is 24.8 Å². The molecule has 16 heavy (non-hydrogen) atoms. The number of anilines is 1. The minimum atomic E-state index is -0.399. The van der Waals surface area contributed by atoms with Crippen LogP contribution in [0.3, 0.4) is 0 Å². The van der Waals surface area contributed by atoms with E-state index < -0.39 is 5.82 Å². The van der Waals surface area contributed by atoms with Crippen LogP contribution in [-0.2, 0) is 0 Å². The minimum Gasteiger partial charge on any atom is -0.340 e. The molecule has 0 saturated carbocycles. The standard InChI is InChI=1S/C11H17FN4/c1-8-2-3-16(7-9(8)4-13)11-14-5-10(12)6-15-11/h5-6,8-9H,2-4,7,13H2,1H3. The van der Waals surface area contributed by atoms with Gasteiger partial charge in [-0.25, -0.2) is 14.4 Å². The van der Waals surface area contributed by atoms with Crippen LogP contribution in [0.4, 0.5) is 10.3 Å². The van der Waals surface area contributed by atoms with E-state index in [2.05, 4.69) is 21.8 Å². The SMILES string of the molecule is CC1CCN(c2ncc(F)cn2)CC1CN. The lowest BCUT2D eigenvalue weighted by Gasteiger charge is -2.36. The van der Waals surface area contributed by atoms with Crippen LogP contribution in [0.25, 0.3) is 0 Å². The Hall–Kier alpha value is -1.23. The molecule has 0 aliphatic carbocycles.